The van der Waals surface area contributed by atoms with Crippen LogP contribution in [0.4, 0.5) is 5.69 Å². The third-order valence-corrected chi connectivity index (χ3v) is 2.19. The van der Waals surface area contributed by atoms with Gasteiger partial charge in [0.1, 0.15) is 5.75 Å². The number of nitrogen functional groups attached to an aromatic ring is 1. The van der Waals surface area contributed by atoms with Crippen molar-refractivity contribution in [2.24, 2.45) is 0 Å². The zero-order valence-corrected chi connectivity index (χ0v) is 9.64. The van der Waals surface area contributed by atoms with Crippen LogP contribution < -0.4 is 5.73 Å². The Bertz CT molecular complexity index is 393. The standard InChI is InChI=1S/C7H9N.C7H8O/c1-6-2-4-7(8)5-3-6;1-6-4-2-3-5-7(6)8/h2-5H,8H2,1H3;2-5,8H,1H3. The summed E-state index contributed by atoms with van der Waals surface area (Å²) in [6.45, 7) is 3.91. The smallest absolute Gasteiger partial charge is 0.118 e. The molecule has 0 bridgehead atoms. The number of hydrogen-bond donors (Lipinski definition) is 2. The van der Waals surface area contributed by atoms with Crippen molar-refractivity contribution in [3.8, 4) is 5.75 Å². The molecule has 0 aliphatic rings. The number of aromatic hydroxyl groups is 1. The summed E-state index contributed by atoms with van der Waals surface area (Å²) in [5.41, 5.74) is 8.43. The molecule has 0 radical (unpaired) electrons. The third-order valence-electron chi connectivity index (χ3n) is 2.19. The molecule has 0 spiro atoms. The van der Waals surface area contributed by atoms with E-state index in [0.717, 1.165) is 11.3 Å². The Kier molecular flexibility index (Phi) is 4.40. The first-order chi connectivity index (χ1) is 7.59. The molecule has 0 aromatic heterocycles. The molecule has 84 valence electrons. The third kappa shape index (κ3) is 4.05. The van der Waals surface area contributed by atoms with Crippen molar-refractivity contribution >= 4 is 5.69 Å². The van der Waals surface area contributed by atoms with Crippen LogP contribution in [-0.4, -0.2) is 5.11 Å². The number of rotatable bonds is 0. The van der Waals surface area contributed by atoms with E-state index in [2.05, 4.69) is 0 Å². The van der Waals surface area contributed by atoms with E-state index in [-0.39, 0.29) is 0 Å². The van der Waals surface area contributed by atoms with Gasteiger partial charge in [0.05, 0.1) is 0 Å². The molecule has 2 aromatic rings. The molecule has 0 amide bonds. The molecular formula is C14H17NO. The van der Waals surface area contributed by atoms with Crippen LogP contribution in [0, 0.1) is 13.8 Å². The Balaban J connectivity index is 0.000000160. The summed E-state index contributed by atoms with van der Waals surface area (Å²) in [7, 11) is 0. The maximum Gasteiger partial charge on any atom is 0.118 e. The minimum atomic E-state index is 0.368. The highest BCUT2D eigenvalue weighted by Crippen LogP contribution is 2.12. The van der Waals surface area contributed by atoms with Crippen molar-refractivity contribution in [3.05, 3.63) is 59.7 Å². The van der Waals surface area contributed by atoms with E-state index in [1.165, 1.54) is 5.56 Å². The van der Waals surface area contributed by atoms with E-state index >= 15 is 0 Å². The largest absolute Gasteiger partial charge is 0.508 e. The molecule has 0 heterocycles. The van der Waals surface area contributed by atoms with Gasteiger partial charge in [-0.05, 0) is 37.6 Å². The second kappa shape index (κ2) is 5.81. The van der Waals surface area contributed by atoms with Gasteiger partial charge in [-0.2, -0.15) is 0 Å². The fourth-order valence-electron chi connectivity index (χ4n) is 1.13. The second-order valence-corrected chi connectivity index (χ2v) is 3.70. The van der Waals surface area contributed by atoms with Gasteiger partial charge in [-0.3, -0.25) is 0 Å². The number of phenols is 1. The lowest BCUT2D eigenvalue weighted by atomic mass is 10.2. The lowest BCUT2D eigenvalue weighted by Crippen LogP contribution is -1.81. The molecule has 3 N–H and O–H groups in total. The van der Waals surface area contributed by atoms with Gasteiger partial charge in [0, 0.05) is 5.69 Å². The van der Waals surface area contributed by atoms with E-state index in [1.54, 1.807) is 6.07 Å². The van der Waals surface area contributed by atoms with E-state index < -0.39 is 0 Å². The highest BCUT2D eigenvalue weighted by molar-refractivity contribution is 5.38. The van der Waals surface area contributed by atoms with E-state index in [4.69, 9.17) is 10.8 Å². The molecule has 16 heavy (non-hydrogen) atoms. The van der Waals surface area contributed by atoms with Gasteiger partial charge >= 0.3 is 0 Å². The van der Waals surface area contributed by atoms with Crippen LogP contribution in [0.5, 0.6) is 5.75 Å². The predicted molar refractivity (Wildman–Crippen MR) is 68.4 cm³/mol. The van der Waals surface area contributed by atoms with Gasteiger partial charge in [-0.25, -0.2) is 0 Å². The van der Waals surface area contributed by atoms with E-state index in [9.17, 15) is 0 Å². The molecule has 0 fully saturated rings. The van der Waals surface area contributed by atoms with Gasteiger partial charge in [0.25, 0.3) is 0 Å². The topological polar surface area (TPSA) is 46.2 Å². The molecule has 2 aromatic carbocycles. The van der Waals surface area contributed by atoms with Gasteiger partial charge < -0.3 is 10.8 Å². The summed E-state index contributed by atoms with van der Waals surface area (Å²) in [5.74, 6) is 0.368. The number of nitrogens with two attached hydrogens (primary N) is 1. The number of para-hydroxylation sites is 1. The lowest BCUT2D eigenvalue weighted by molar-refractivity contribution is 0.471. The highest BCUT2D eigenvalue weighted by Gasteiger charge is 1.87. The Morgan fingerprint density at radius 3 is 1.81 bits per heavy atom. The molecule has 0 unspecified atom stereocenters. The van der Waals surface area contributed by atoms with Crippen molar-refractivity contribution in [3.63, 3.8) is 0 Å². The molecule has 2 rings (SSSR count). The summed E-state index contributed by atoms with van der Waals surface area (Å²) in [6.07, 6.45) is 0. The first kappa shape index (κ1) is 12.1. The SMILES string of the molecule is Cc1ccc(N)cc1.Cc1ccccc1O. The average molecular weight is 215 g/mol. The van der Waals surface area contributed by atoms with Crippen LogP contribution in [0.15, 0.2) is 48.5 Å². The van der Waals surface area contributed by atoms with Gasteiger partial charge in [0.15, 0.2) is 0 Å². The Hall–Kier alpha value is -1.96. The summed E-state index contributed by atoms with van der Waals surface area (Å²) in [4.78, 5) is 0. The Labute approximate surface area is 96.4 Å². The monoisotopic (exact) mass is 215 g/mol. The number of phenolic OH excluding ortho intramolecular Hbond substituents is 1. The number of benzene rings is 2. The first-order valence-electron chi connectivity index (χ1n) is 5.16. The fourth-order valence-corrected chi connectivity index (χ4v) is 1.13. The quantitative estimate of drug-likeness (QED) is 0.662. The molecule has 0 aliphatic carbocycles. The summed E-state index contributed by atoms with van der Waals surface area (Å²) >= 11 is 0. The molecule has 0 saturated carbocycles. The Morgan fingerprint density at radius 1 is 0.875 bits per heavy atom. The normalized spacial score (nSPS) is 9.12. The number of hydrogen-bond acceptors (Lipinski definition) is 2. The zero-order chi connectivity index (χ0) is 12.0. The van der Waals surface area contributed by atoms with Crippen molar-refractivity contribution in [1.82, 2.24) is 0 Å². The average Bonchev–Trinajstić information content (AvgIpc) is 2.28. The van der Waals surface area contributed by atoms with Gasteiger partial charge in [0.2, 0.25) is 0 Å². The molecule has 0 atom stereocenters. The van der Waals surface area contributed by atoms with Crippen molar-refractivity contribution < 1.29 is 5.11 Å². The molecule has 0 aliphatic heterocycles. The van der Waals surface area contributed by atoms with Gasteiger partial charge in [-0.1, -0.05) is 35.9 Å². The summed E-state index contributed by atoms with van der Waals surface area (Å²) in [6, 6.07) is 15.0. The van der Waals surface area contributed by atoms with Crippen molar-refractivity contribution in [2.45, 2.75) is 13.8 Å². The summed E-state index contributed by atoms with van der Waals surface area (Å²) in [5, 5.41) is 8.92. The van der Waals surface area contributed by atoms with E-state index in [1.807, 2.05) is 56.3 Å². The van der Waals surface area contributed by atoms with Crippen LogP contribution in [0.3, 0.4) is 0 Å². The van der Waals surface area contributed by atoms with Crippen LogP contribution in [-0.2, 0) is 0 Å². The predicted octanol–water partition coefficient (Wildman–Crippen LogP) is 3.28. The maximum absolute atomic E-state index is 8.92. The minimum Gasteiger partial charge on any atom is -0.508 e. The Morgan fingerprint density at radius 2 is 1.44 bits per heavy atom. The van der Waals surface area contributed by atoms with E-state index in [0.29, 0.717) is 5.75 Å². The van der Waals surface area contributed by atoms with Crippen LogP contribution in [0.25, 0.3) is 0 Å². The molecular weight excluding hydrogens is 198 g/mol. The maximum atomic E-state index is 8.92. The fraction of sp³-hybridized carbons (Fsp3) is 0.143. The minimum absolute atomic E-state index is 0.368. The van der Waals surface area contributed by atoms with Gasteiger partial charge in [-0.15, -0.1) is 0 Å². The first-order valence-corrected chi connectivity index (χ1v) is 5.16. The van der Waals surface area contributed by atoms with Crippen LogP contribution in [0.1, 0.15) is 11.1 Å². The number of aryl methyl sites for hydroxylation is 2. The molecule has 0 saturated heterocycles. The lowest BCUT2D eigenvalue weighted by Gasteiger charge is -1.92. The summed E-state index contributed by atoms with van der Waals surface area (Å²) < 4.78 is 0. The van der Waals surface area contributed by atoms with Crippen molar-refractivity contribution in [2.75, 3.05) is 5.73 Å². The molecule has 2 nitrogen and oxygen atoms in total. The zero-order valence-electron chi connectivity index (χ0n) is 9.64. The number of anilines is 1. The van der Waals surface area contributed by atoms with Crippen LogP contribution >= 0.6 is 0 Å². The highest BCUT2D eigenvalue weighted by atomic mass is 16.3. The second-order valence-electron chi connectivity index (χ2n) is 3.70. The van der Waals surface area contributed by atoms with Crippen LogP contribution in [0.2, 0.25) is 0 Å². The molecule has 2 heteroatoms. The van der Waals surface area contributed by atoms with Crippen molar-refractivity contribution in [1.29, 1.82) is 0 Å².